The molecule has 2 nitrogen and oxygen atoms in total. The first kappa shape index (κ1) is 8.63. The Kier molecular flexibility index (Phi) is 1.89. The fourth-order valence-electron chi connectivity index (χ4n) is 1.70. The molecule has 1 aromatic rings. The van der Waals surface area contributed by atoms with Crippen molar-refractivity contribution in [1.82, 2.24) is 0 Å². The first-order valence-electron chi connectivity index (χ1n) is 4.23. The number of hydrogen-bond donors (Lipinski definition) is 0. The van der Waals surface area contributed by atoms with E-state index in [9.17, 15) is 9.59 Å². The van der Waals surface area contributed by atoms with E-state index in [2.05, 4.69) is 6.58 Å². The van der Waals surface area contributed by atoms with E-state index in [4.69, 9.17) is 0 Å². The van der Waals surface area contributed by atoms with Gasteiger partial charge in [0.05, 0.1) is 0 Å². The third-order valence-corrected chi connectivity index (χ3v) is 2.39. The van der Waals surface area contributed by atoms with Gasteiger partial charge in [-0.1, -0.05) is 30.8 Å². The topological polar surface area (TPSA) is 34.1 Å². The Balaban J connectivity index is 2.75. The summed E-state index contributed by atoms with van der Waals surface area (Å²) in [5, 5.41) is 0. The van der Waals surface area contributed by atoms with E-state index in [0.717, 1.165) is 11.1 Å². The quantitative estimate of drug-likeness (QED) is 0.657. The average molecular weight is 184 g/mol. The lowest BCUT2D eigenvalue weighted by molar-refractivity contribution is -0.105. The molecule has 2 heteroatoms. The summed E-state index contributed by atoms with van der Waals surface area (Å²) in [6.07, 6.45) is 1.40. The fourth-order valence-corrected chi connectivity index (χ4v) is 1.70. The molecule has 0 heterocycles. The molecule has 0 fully saturated rings. The van der Waals surface area contributed by atoms with Crippen molar-refractivity contribution in [1.29, 1.82) is 0 Å². The molecule has 0 amide bonds. The maximum atomic E-state index is 10.8. The molecule has 0 N–H and O–H groups in total. The zero-order valence-corrected chi connectivity index (χ0v) is 7.49. The van der Waals surface area contributed by atoms with Gasteiger partial charge in [-0.2, -0.15) is 0 Å². The lowest BCUT2D eigenvalue weighted by atomic mass is 10.1. The van der Waals surface area contributed by atoms with E-state index < -0.39 is 0 Å². The lowest BCUT2D eigenvalue weighted by Crippen LogP contribution is -1.86. The second kappa shape index (κ2) is 3.07. The smallest absolute Gasteiger partial charge is 0.151 e. The van der Waals surface area contributed by atoms with Gasteiger partial charge in [0.25, 0.3) is 0 Å². The van der Waals surface area contributed by atoms with Crippen LogP contribution in [0.2, 0.25) is 0 Å². The monoisotopic (exact) mass is 184 g/mol. The first-order valence-corrected chi connectivity index (χ1v) is 4.23. The maximum Gasteiger partial charge on any atom is 0.151 e. The number of rotatable bonds is 2. The summed E-state index contributed by atoms with van der Waals surface area (Å²) in [6.45, 7) is 3.80. The minimum Gasteiger partial charge on any atom is -0.298 e. The molecular weight excluding hydrogens is 176 g/mol. The Morgan fingerprint density at radius 3 is 2.07 bits per heavy atom. The summed E-state index contributed by atoms with van der Waals surface area (Å²) in [7, 11) is 0. The summed E-state index contributed by atoms with van der Waals surface area (Å²) in [5.41, 5.74) is 3.16. The third kappa shape index (κ3) is 0.973. The Labute approximate surface area is 81.6 Å². The standard InChI is InChI=1S/C12H8O2/c1-8-9-4-2-3-5-10(9)12(7-14)11(8)6-13/h2-7H,1H2. The minimum atomic E-state index is 0.404. The number of aldehydes is 2. The molecule has 0 spiro atoms. The Morgan fingerprint density at radius 2 is 1.50 bits per heavy atom. The van der Waals surface area contributed by atoms with Gasteiger partial charge in [0.1, 0.15) is 0 Å². The second-order valence-electron chi connectivity index (χ2n) is 3.09. The number of fused-ring (bicyclic) bond motifs is 1. The zero-order chi connectivity index (χ0) is 10.1. The Hall–Kier alpha value is -1.96. The third-order valence-electron chi connectivity index (χ3n) is 2.39. The molecule has 2 rings (SSSR count). The predicted molar refractivity (Wildman–Crippen MR) is 54.5 cm³/mol. The lowest BCUT2D eigenvalue weighted by Gasteiger charge is -1.98. The van der Waals surface area contributed by atoms with Gasteiger partial charge in [0.15, 0.2) is 12.6 Å². The molecule has 0 saturated heterocycles. The van der Waals surface area contributed by atoms with Gasteiger partial charge in [0, 0.05) is 11.1 Å². The summed E-state index contributed by atoms with van der Waals surface area (Å²) in [5.74, 6) is 0. The van der Waals surface area contributed by atoms with Crippen molar-refractivity contribution < 1.29 is 9.59 Å². The van der Waals surface area contributed by atoms with Crippen molar-refractivity contribution in [2.75, 3.05) is 0 Å². The van der Waals surface area contributed by atoms with Crippen molar-refractivity contribution in [3.05, 3.63) is 47.5 Å². The van der Waals surface area contributed by atoms with E-state index in [0.29, 0.717) is 29.3 Å². The highest BCUT2D eigenvalue weighted by Crippen LogP contribution is 2.37. The van der Waals surface area contributed by atoms with Crippen LogP contribution < -0.4 is 0 Å². The number of benzene rings is 1. The van der Waals surface area contributed by atoms with Crippen molar-refractivity contribution in [2.24, 2.45) is 0 Å². The SMILES string of the molecule is C=C1C(C=O)=C(C=O)c2ccccc21. The molecule has 0 unspecified atom stereocenters. The fraction of sp³-hybridized carbons (Fsp3) is 0. The highest BCUT2D eigenvalue weighted by molar-refractivity contribution is 6.25. The highest BCUT2D eigenvalue weighted by Gasteiger charge is 2.23. The van der Waals surface area contributed by atoms with Crippen LogP contribution >= 0.6 is 0 Å². The van der Waals surface area contributed by atoms with Crippen LogP contribution in [0.5, 0.6) is 0 Å². The number of carbonyl (C=O) groups is 2. The molecule has 68 valence electrons. The van der Waals surface area contributed by atoms with Crippen LogP contribution in [0, 0.1) is 0 Å². The highest BCUT2D eigenvalue weighted by atomic mass is 16.1. The molecule has 14 heavy (non-hydrogen) atoms. The Morgan fingerprint density at radius 1 is 0.929 bits per heavy atom. The summed E-state index contributed by atoms with van der Waals surface area (Å²) >= 11 is 0. The molecule has 0 bridgehead atoms. The van der Waals surface area contributed by atoms with Crippen LogP contribution in [0.15, 0.2) is 36.4 Å². The van der Waals surface area contributed by atoms with E-state index in [-0.39, 0.29) is 0 Å². The van der Waals surface area contributed by atoms with Crippen LogP contribution in [0.1, 0.15) is 11.1 Å². The van der Waals surface area contributed by atoms with Crippen LogP contribution in [-0.2, 0) is 9.59 Å². The van der Waals surface area contributed by atoms with Gasteiger partial charge in [-0.15, -0.1) is 0 Å². The van der Waals surface area contributed by atoms with E-state index in [1.54, 1.807) is 0 Å². The minimum absolute atomic E-state index is 0.404. The molecule has 0 atom stereocenters. The number of hydrogen-bond acceptors (Lipinski definition) is 2. The van der Waals surface area contributed by atoms with Gasteiger partial charge in [-0.05, 0) is 16.7 Å². The van der Waals surface area contributed by atoms with E-state index in [1.165, 1.54) is 0 Å². The van der Waals surface area contributed by atoms with Crippen molar-refractivity contribution in [3.63, 3.8) is 0 Å². The van der Waals surface area contributed by atoms with Gasteiger partial charge in [-0.3, -0.25) is 9.59 Å². The van der Waals surface area contributed by atoms with Crippen LogP contribution in [0.4, 0.5) is 0 Å². The molecule has 1 aliphatic carbocycles. The summed E-state index contributed by atoms with van der Waals surface area (Å²) < 4.78 is 0. The van der Waals surface area contributed by atoms with E-state index in [1.807, 2.05) is 24.3 Å². The molecule has 1 aromatic carbocycles. The molecular formula is C12H8O2. The molecule has 0 aromatic heterocycles. The normalized spacial score (nSPS) is 14.1. The van der Waals surface area contributed by atoms with Crippen LogP contribution in [-0.4, -0.2) is 12.6 Å². The molecule has 0 aliphatic heterocycles. The molecule has 0 saturated carbocycles. The van der Waals surface area contributed by atoms with Crippen molar-refractivity contribution in [3.8, 4) is 0 Å². The Bertz CT molecular complexity index is 467. The molecule has 0 radical (unpaired) electrons. The maximum absolute atomic E-state index is 10.8. The van der Waals surface area contributed by atoms with Crippen LogP contribution in [0.3, 0.4) is 0 Å². The zero-order valence-electron chi connectivity index (χ0n) is 7.49. The van der Waals surface area contributed by atoms with Gasteiger partial charge < -0.3 is 0 Å². The largest absolute Gasteiger partial charge is 0.298 e. The second-order valence-corrected chi connectivity index (χ2v) is 3.09. The van der Waals surface area contributed by atoms with Gasteiger partial charge in [0.2, 0.25) is 0 Å². The first-order chi connectivity index (χ1) is 6.79. The van der Waals surface area contributed by atoms with Gasteiger partial charge >= 0.3 is 0 Å². The number of carbonyl (C=O) groups excluding carboxylic acids is 2. The van der Waals surface area contributed by atoms with Crippen molar-refractivity contribution in [2.45, 2.75) is 0 Å². The van der Waals surface area contributed by atoms with Crippen molar-refractivity contribution >= 4 is 23.7 Å². The van der Waals surface area contributed by atoms with Crippen LogP contribution in [0.25, 0.3) is 11.1 Å². The van der Waals surface area contributed by atoms with Gasteiger partial charge in [-0.25, -0.2) is 0 Å². The molecule has 1 aliphatic rings. The average Bonchev–Trinajstić information content (AvgIpc) is 2.51. The summed E-state index contributed by atoms with van der Waals surface area (Å²) in [4.78, 5) is 21.6. The number of allylic oxidation sites excluding steroid dienone is 3. The summed E-state index contributed by atoms with van der Waals surface area (Å²) in [6, 6.07) is 7.38. The van der Waals surface area contributed by atoms with E-state index >= 15 is 0 Å². The predicted octanol–water partition coefficient (Wildman–Crippen LogP) is 1.86.